The maximum atomic E-state index is 12.0. The van der Waals surface area contributed by atoms with Crippen molar-refractivity contribution in [1.82, 2.24) is 10.2 Å². The van der Waals surface area contributed by atoms with Crippen LogP contribution in [0.5, 0.6) is 0 Å². The van der Waals surface area contributed by atoms with Gasteiger partial charge in [0.25, 0.3) is 0 Å². The van der Waals surface area contributed by atoms with E-state index in [1.807, 2.05) is 13.8 Å². The van der Waals surface area contributed by atoms with Crippen LogP contribution >= 0.6 is 0 Å². The van der Waals surface area contributed by atoms with Gasteiger partial charge in [0.1, 0.15) is 6.54 Å². The zero-order valence-electron chi connectivity index (χ0n) is 11.8. The Balaban J connectivity index is 2.39. The number of nitrogens with zero attached hydrogens (tertiary/aromatic N) is 1. The minimum atomic E-state index is -0.978. The largest absolute Gasteiger partial charge is 0.480 e. The van der Waals surface area contributed by atoms with Gasteiger partial charge < -0.3 is 15.3 Å². The second-order valence-corrected chi connectivity index (χ2v) is 5.02. The molecule has 0 aliphatic heterocycles. The summed E-state index contributed by atoms with van der Waals surface area (Å²) < 4.78 is 0. The van der Waals surface area contributed by atoms with Gasteiger partial charge in [-0.05, 0) is 39.0 Å². The van der Waals surface area contributed by atoms with Gasteiger partial charge in [0, 0.05) is 12.6 Å². The van der Waals surface area contributed by atoms with Crippen LogP contribution in [0.15, 0.2) is 11.6 Å². The zero-order chi connectivity index (χ0) is 14.3. The molecule has 19 heavy (non-hydrogen) atoms. The van der Waals surface area contributed by atoms with Gasteiger partial charge in [-0.25, -0.2) is 4.79 Å². The first-order valence-corrected chi connectivity index (χ1v) is 6.98. The topological polar surface area (TPSA) is 69.6 Å². The maximum absolute atomic E-state index is 12.0. The van der Waals surface area contributed by atoms with E-state index in [0.29, 0.717) is 6.54 Å². The molecule has 0 radical (unpaired) electrons. The fraction of sp³-hybridized carbons (Fsp3) is 0.714. The van der Waals surface area contributed by atoms with Crippen molar-refractivity contribution in [3.63, 3.8) is 0 Å². The summed E-state index contributed by atoms with van der Waals surface area (Å²) in [4.78, 5) is 24.2. The first-order chi connectivity index (χ1) is 9.04. The van der Waals surface area contributed by atoms with Crippen molar-refractivity contribution < 1.29 is 14.7 Å². The number of aliphatic carboxylic acids is 1. The zero-order valence-corrected chi connectivity index (χ0v) is 11.8. The fourth-order valence-corrected chi connectivity index (χ4v) is 2.19. The van der Waals surface area contributed by atoms with Crippen LogP contribution in [0.1, 0.15) is 46.0 Å². The number of carboxylic acids is 1. The second-order valence-electron chi connectivity index (χ2n) is 5.02. The molecule has 1 aliphatic rings. The third kappa shape index (κ3) is 5.32. The molecule has 0 saturated heterocycles. The van der Waals surface area contributed by atoms with Crippen LogP contribution in [-0.2, 0) is 4.79 Å². The molecule has 1 unspecified atom stereocenters. The van der Waals surface area contributed by atoms with Crippen LogP contribution in [0, 0.1) is 0 Å². The van der Waals surface area contributed by atoms with Crippen molar-refractivity contribution in [2.45, 2.75) is 52.0 Å². The molecule has 0 spiro atoms. The van der Waals surface area contributed by atoms with E-state index >= 15 is 0 Å². The van der Waals surface area contributed by atoms with Gasteiger partial charge >= 0.3 is 12.0 Å². The van der Waals surface area contributed by atoms with Gasteiger partial charge in [-0.3, -0.25) is 4.79 Å². The maximum Gasteiger partial charge on any atom is 0.323 e. The molecule has 0 saturated carbocycles. The number of carbonyl (C=O) groups excluding carboxylic acids is 1. The van der Waals surface area contributed by atoms with E-state index in [1.54, 1.807) is 0 Å². The Morgan fingerprint density at radius 3 is 2.79 bits per heavy atom. The molecule has 0 fully saturated rings. The van der Waals surface area contributed by atoms with Gasteiger partial charge in [-0.15, -0.1) is 0 Å². The number of carbonyl (C=O) groups is 2. The highest BCUT2D eigenvalue weighted by Gasteiger charge is 2.21. The number of rotatable bonds is 7. The number of carboxylic acid groups (broad SMARTS) is 1. The van der Waals surface area contributed by atoms with Gasteiger partial charge in [0.2, 0.25) is 0 Å². The Morgan fingerprint density at radius 1 is 1.53 bits per heavy atom. The summed E-state index contributed by atoms with van der Waals surface area (Å²) in [5.74, 6) is -0.978. The van der Waals surface area contributed by atoms with Crippen molar-refractivity contribution in [3.05, 3.63) is 11.6 Å². The predicted octanol–water partition coefficient (Wildman–Crippen LogP) is 2.38. The Bertz CT molecular complexity index is 353. The average Bonchev–Trinajstić information content (AvgIpc) is 2.87. The quantitative estimate of drug-likeness (QED) is 0.696. The van der Waals surface area contributed by atoms with Crippen LogP contribution in [0.4, 0.5) is 4.79 Å². The molecule has 2 amide bonds. The number of urea groups is 1. The first-order valence-electron chi connectivity index (χ1n) is 6.98. The summed E-state index contributed by atoms with van der Waals surface area (Å²) in [5, 5.41) is 11.7. The molecule has 0 aromatic carbocycles. The van der Waals surface area contributed by atoms with E-state index in [4.69, 9.17) is 5.11 Å². The summed E-state index contributed by atoms with van der Waals surface area (Å²) in [6, 6.07) is -0.350. The summed E-state index contributed by atoms with van der Waals surface area (Å²) in [6.07, 6.45) is 7.32. The minimum absolute atomic E-state index is 0.0678. The van der Waals surface area contributed by atoms with E-state index in [0.717, 1.165) is 25.7 Å². The van der Waals surface area contributed by atoms with Crippen molar-refractivity contribution in [1.29, 1.82) is 0 Å². The van der Waals surface area contributed by atoms with Crippen LogP contribution < -0.4 is 5.32 Å². The van der Waals surface area contributed by atoms with E-state index in [2.05, 4.69) is 11.4 Å². The molecule has 0 aromatic rings. The average molecular weight is 268 g/mol. The fourth-order valence-electron chi connectivity index (χ4n) is 2.19. The molecule has 5 heteroatoms. The Morgan fingerprint density at radius 2 is 2.26 bits per heavy atom. The van der Waals surface area contributed by atoms with Gasteiger partial charge in [0.05, 0.1) is 0 Å². The van der Waals surface area contributed by atoms with Crippen LogP contribution in [-0.4, -0.2) is 41.1 Å². The molecule has 0 heterocycles. The minimum Gasteiger partial charge on any atom is -0.480 e. The summed E-state index contributed by atoms with van der Waals surface area (Å²) in [5.41, 5.74) is 1.40. The van der Waals surface area contributed by atoms with Crippen LogP contribution in [0.25, 0.3) is 0 Å². The van der Waals surface area contributed by atoms with Crippen molar-refractivity contribution in [2.75, 3.05) is 13.1 Å². The van der Waals surface area contributed by atoms with Gasteiger partial charge in [-0.1, -0.05) is 18.6 Å². The van der Waals surface area contributed by atoms with Gasteiger partial charge in [0.15, 0.2) is 0 Å². The molecule has 108 valence electrons. The first kappa shape index (κ1) is 15.5. The lowest BCUT2D eigenvalue weighted by Gasteiger charge is -2.27. The monoisotopic (exact) mass is 268 g/mol. The predicted molar refractivity (Wildman–Crippen MR) is 74.0 cm³/mol. The lowest BCUT2D eigenvalue weighted by molar-refractivity contribution is -0.138. The number of nitrogens with one attached hydrogen (secondary N) is 1. The highest BCUT2D eigenvalue weighted by atomic mass is 16.4. The molecule has 1 aliphatic carbocycles. The summed E-state index contributed by atoms with van der Waals surface area (Å²) in [7, 11) is 0. The number of allylic oxidation sites excluding steroid dienone is 1. The van der Waals surface area contributed by atoms with Crippen molar-refractivity contribution in [3.8, 4) is 0 Å². The lowest BCUT2D eigenvalue weighted by atomic mass is 10.2. The molecule has 0 bridgehead atoms. The Hall–Kier alpha value is -1.52. The van der Waals surface area contributed by atoms with Crippen LogP contribution in [0.2, 0.25) is 0 Å². The van der Waals surface area contributed by atoms with Crippen molar-refractivity contribution >= 4 is 12.0 Å². The number of hydrogen-bond donors (Lipinski definition) is 2. The van der Waals surface area contributed by atoms with E-state index in [-0.39, 0.29) is 18.6 Å². The number of hydrogen-bond acceptors (Lipinski definition) is 2. The molecular weight excluding hydrogens is 244 g/mol. The molecule has 1 atom stereocenters. The highest BCUT2D eigenvalue weighted by molar-refractivity contribution is 5.80. The normalized spacial score (nSPS) is 15.8. The van der Waals surface area contributed by atoms with Crippen molar-refractivity contribution in [2.24, 2.45) is 0 Å². The molecule has 1 rings (SSSR count). The SMILES string of the molecule is CCC(C)N(CC(=O)O)C(=O)NCCC1=CCCC1. The van der Waals surface area contributed by atoms with E-state index < -0.39 is 5.97 Å². The number of amides is 2. The summed E-state index contributed by atoms with van der Waals surface area (Å²) >= 11 is 0. The summed E-state index contributed by atoms with van der Waals surface area (Å²) in [6.45, 7) is 4.14. The Kier molecular flexibility index (Phi) is 6.39. The highest BCUT2D eigenvalue weighted by Crippen LogP contribution is 2.19. The molecule has 5 nitrogen and oxygen atoms in total. The Labute approximate surface area is 114 Å². The second kappa shape index (κ2) is 7.81. The van der Waals surface area contributed by atoms with Crippen LogP contribution in [0.3, 0.4) is 0 Å². The standard InChI is InChI=1S/C14H24N2O3/c1-3-11(2)16(10-13(17)18)14(19)15-9-8-12-6-4-5-7-12/h6,11H,3-5,7-10H2,1-2H3,(H,15,19)(H,17,18). The molecule has 2 N–H and O–H groups in total. The van der Waals surface area contributed by atoms with Gasteiger partial charge in [-0.2, -0.15) is 0 Å². The lowest BCUT2D eigenvalue weighted by Crippen LogP contribution is -2.47. The van der Waals surface area contributed by atoms with E-state index in [1.165, 1.54) is 16.9 Å². The molecular formula is C14H24N2O3. The third-order valence-electron chi connectivity index (χ3n) is 3.55. The van der Waals surface area contributed by atoms with E-state index in [9.17, 15) is 9.59 Å². The third-order valence-corrected chi connectivity index (χ3v) is 3.55. The molecule has 0 aromatic heterocycles. The smallest absolute Gasteiger partial charge is 0.323 e.